The highest BCUT2D eigenvalue weighted by molar-refractivity contribution is 5.44. The van der Waals surface area contributed by atoms with Gasteiger partial charge in [-0.25, -0.2) is 0 Å². The normalized spacial score (nSPS) is 30.0. The summed E-state index contributed by atoms with van der Waals surface area (Å²) in [6.07, 6.45) is 5.34. The second-order valence-corrected chi connectivity index (χ2v) is 5.29. The van der Waals surface area contributed by atoms with Crippen LogP contribution in [0.1, 0.15) is 42.9 Å². The van der Waals surface area contributed by atoms with Crippen LogP contribution in [-0.4, -0.2) is 11.9 Å². The summed E-state index contributed by atoms with van der Waals surface area (Å²) in [6, 6.07) is 6.88. The predicted molar refractivity (Wildman–Crippen MR) is 62.8 cm³/mol. The van der Waals surface area contributed by atoms with Gasteiger partial charge >= 0.3 is 0 Å². The molecule has 1 heteroatoms. The first-order valence-corrected chi connectivity index (χ1v) is 6.04. The molecule has 0 aromatic heterocycles. The van der Waals surface area contributed by atoms with Gasteiger partial charge in [-0.15, -0.1) is 0 Å². The van der Waals surface area contributed by atoms with Crippen LogP contribution in [0.4, 0.5) is 0 Å². The van der Waals surface area contributed by atoms with Crippen molar-refractivity contribution in [1.82, 2.24) is 4.90 Å². The summed E-state index contributed by atoms with van der Waals surface area (Å²) in [6.45, 7) is 3.56. The van der Waals surface area contributed by atoms with E-state index in [1.54, 1.807) is 16.7 Å². The van der Waals surface area contributed by atoms with Crippen LogP contribution >= 0.6 is 0 Å². The van der Waals surface area contributed by atoms with E-state index < -0.39 is 0 Å². The van der Waals surface area contributed by atoms with E-state index in [0.29, 0.717) is 5.54 Å². The van der Waals surface area contributed by atoms with Crippen LogP contribution < -0.4 is 0 Å². The summed E-state index contributed by atoms with van der Waals surface area (Å²) in [7, 11) is 2.27. The molecule has 1 nitrogen and oxygen atoms in total. The zero-order chi connectivity index (χ0) is 10.5. The molecule has 0 bridgehead atoms. The molecular weight excluding hydrogens is 182 g/mol. The zero-order valence-corrected chi connectivity index (χ0v) is 9.71. The monoisotopic (exact) mass is 201 g/mol. The maximum absolute atomic E-state index is 2.53. The van der Waals surface area contributed by atoms with E-state index >= 15 is 0 Å². The molecule has 0 saturated carbocycles. The highest BCUT2D eigenvalue weighted by Gasteiger charge is 2.40. The molecule has 80 valence electrons. The van der Waals surface area contributed by atoms with Crippen molar-refractivity contribution in [3.63, 3.8) is 0 Å². The Balaban J connectivity index is 2.24. The van der Waals surface area contributed by atoms with E-state index in [4.69, 9.17) is 0 Å². The fraction of sp³-hybridized carbons (Fsp3) is 0.571. The van der Waals surface area contributed by atoms with Crippen LogP contribution in [-0.2, 0) is 18.5 Å². The van der Waals surface area contributed by atoms with E-state index in [1.807, 2.05) is 0 Å². The molecule has 15 heavy (non-hydrogen) atoms. The number of rotatable bonds is 0. The number of aryl methyl sites for hydroxylation is 1. The molecule has 1 aromatic rings. The Bertz CT molecular complexity index is 396. The van der Waals surface area contributed by atoms with Crippen LogP contribution in [0.2, 0.25) is 0 Å². The van der Waals surface area contributed by atoms with Gasteiger partial charge in [0.05, 0.1) is 0 Å². The van der Waals surface area contributed by atoms with Crippen molar-refractivity contribution in [2.24, 2.45) is 0 Å². The van der Waals surface area contributed by atoms with E-state index in [0.717, 1.165) is 6.54 Å². The Hall–Kier alpha value is -0.820. The van der Waals surface area contributed by atoms with Crippen molar-refractivity contribution in [1.29, 1.82) is 0 Å². The SMILES string of the molecule is CN1Cc2cccc3c2C1(C)CCCC3. The van der Waals surface area contributed by atoms with Crippen LogP contribution in [0, 0.1) is 0 Å². The second kappa shape index (κ2) is 3.08. The second-order valence-electron chi connectivity index (χ2n) is 5.29. The zero-order valence-electron chi connectivity index (χ0n) is 9.71. The van der Waals surface area contributed by atoms with Gasteiger partial charge in [-0.2, -0.15) is 0 Å². The Kier molecular flexibility index (Phi) is 1.93. The fourth-order valence-corrected chi connectivity index (χ4v) is 3.41. The molecule has 0 N–H and O–H groups in total. The molecule has 1 aromatic carbocycles. The van der Waals surface area contributed by atoms with Gasteiger partial charge in [0.25, 0.3) is 0 Å². The molecular formula is C14H19N. The van der Waals surface area contributed by atoms with Gasteiger partial charge in [0, 0.05) is 12.1 Å². The molecule has 1 heterocycles. The van der Waals surface area contributed by atoms with Crippen molar-refractivity contribution in [3.05, 3.63) is 34.9 Å². The van der Waals surface area contributed by atoms with Gasteiger partial charge in [-0.3, -0.25) is 4.90 Å². The molecule has 0 fully saturated rings. The van der Waals surface area contributed by atoms with Crippen LogP contribution in [0.5, 0.6) is 0 Å². The minimum absolute atomic E-state index is 0.322. The average Bonchev–Trinajstić information content (AvgIpc) is 2.39. The van der Waals surface area contributed by atoms with Crippen molar-refractivity contribution in [3.8, 4) is 0 Å². The summed E-state index contributed by atoms with van der Waals surface area (Å²) < 4.78 is 0. The third-order valence-electron chi connectivity index (χ3n) is 4.39. The van der Waals surface area contributed by atoms with E-state index in [9.17, 15) is 0 Å². The largest absolute Gasteiger partial charge is 0.293 e. The van der Waals surface area contributed by atoms with Crippen molar-refractivity contribution < 1.29 is 0 Å². The van der Waals surface area contributed by atoms with Crippen molar-refractivity contribution in [2.75, 3.05) is 7.05 Å². The maximum atomic E-state index is 2.53. The lowest BCUT2D eigenvalue weighted by Crippen LogP contribution is -2.35. The Morgan fingerprint density at radius 3 is 2.87 bits per heavy atom. The van der Waals surface area contributed by atoms with Gasteiger partial charge in [-0.05, 0) is 49.9 Å². The molecule has 1 aliphatic heterocycles. The number of hydrogen-bond acceptors (Lipinski definition) is 1. The standard InChI is InChI=1S/C14H19N/c1-14-9-4-3-6-11-7-5-8-12(13(11)14)10-15(14)2/h5,7-8H,3-4,6,9-10H2,1-2H3. The van der Waals surface area contributed by atoms with Crippen LogP contribution in [0.25, 0.3) is 0 Å². The molecule has 0 amide bonds. The highest BCUT2D eigenvalue weighted by atomic mass is 15.2. The summed E-state index contributed by atoms with van der Waals surface area (Å²) in [5.41, 5.74) is 5.16. The molecule has 0 saturated heterocycles. The van der Waals surface area contributed by atoms with E-state index in [-0.39, 0.29) is 0 Å². The summed E-state index contributed by atoms with van der Waals surface area (Å²) in [5, 5.41) is 0. The fourth-order valence-electron chi connectivity index (χ4n) is 3.41. The Labute approximate surface area is 92.1 Å². The van der Waals surface area contributed by atoms with Crippen LogP contribution in [0.3, 0.4) is 0 Å². The molecule has 1 atom stereocenters. The van der Waals surface area contributed by atoms with Gasteiger partial charge < -0.3 is 0 Å². The first-order chi connectivity index (χ1) is 7.22. The lowest BCUT2D eigenvalue weighted by atomic mass is 9.86. The number of benzene rings is 1. The molecule has 0 radical (unpaired) electrons. The van der Waals surface area contributed by atoms with Gasteiger partial charge in [0.2, 0.25) is 0 Å². The predicted octanol–water partition coefficient (Wildman–Crippen LogP) is 3.07. The third-order valence-corrected chi connectivity index (χ3v) is 4.39. The first-order valence-electron chi connectivity index (χ1n) is 6.04. The minimum Gasteiger partial charge on any atom is -0.293 e. The smallest absolute Gasteiger partial charge is 0.0439 e. The Morgan fingerprint density at radius 2 is 2.00 bits per heavy atom. The molecule has 2 aliphatic rings. The molecule has 1 unspecified atom stereocenters. The molecule has 1 aliphatic carbocycles. The van der Waals surface area contributed by atoms with Crippen LogP contribution in [0.15, 0.2) is 18.2 Å². The first kappa shape index (κ1) is 9.41. The number of hydrogen-bond donors (Lipinski definition) is 0. The third kappa shape index (κ3) is 1.19. The maximum Gasteiger partial charge on any atom is 0.0439 e. The van der Waals surface area contributed by atoms with E-state index in [2.05, 4.69) is 37.1 Å². The molecule has 3 rings (SSSR count). The number of nitrogens with zero attached hydrogens (tertiary/aromatic N) is 1. The van der Waals surface area contributed by atoms with Gasteiger partial charge in [0.1, 0.15) is 0 Å². The lowest BCUT2D eigenvalue weighted by Gasteiger charge is -2.33. The summed E-state index contributed by atoms with van der Waals surface area (Å²) >= 11 is 0. The van der Waals surface area contributed by atoms with Crippen molar-refractivity contribution in [2.45, 2.75) is 44.7 Å². The quantitative estimate of drug-likeness (QED) is 0.623. The highest BCUT2D eigenvalue weighted by Crippen LogP contribution is 2.45. The topological polar surface area (TPSA) is 3.24 Å². The van der Waals surface area contributed by atoms with Crippen molar-refractivity contribution >= 4 is 0 Å². The van der Waals surface area contributed by atoms with E-state index in [1.165, 1.54) is 25.7 Å². The summed E-state index contributed by atoms with van der Waals surface area (Å²) in [4.78, 5) is 2.53. The van der Waals surface area contributed by atoms with Gasteiger partial charge in [-0.1, -0.05) is 24.6 Å². The average molecular weight is 201 g/mol. The lowest BCUT2D eigenvalue weighted by molar-refractivity contribution is 0.144. The molecule has 0 spiro atoms. The minimum atomic E-state index is 0.322. The Morgan fingerprint density at radius 1 is 1.20 bits per heavy atom. The summed E-state index contributed by atoms with van der Waals surface area (Å²) in [5.74, 6) is 0. The van der Waals surface area contributed by atoms with Gasteiger partial charge in [0.15, 0.2) is 0 Å².